The van der Waals surface area contributed by atoms with Crippen LogP contribution in [0.15, 0.2) is 0 Å². The highest BCUT2D eigenvalue weighted by molar-refractivity contribution is 5.78. The van der Waals surface area contributed by atoms with Gasteiger partial charge in [0.15, 0.2) is 0 Å². The van der Waals surface area contributed by atoms with Gasteiger partial charge in [0.1, 0.15) is 0 Å². The third-order valence-electron chi connectivity index (χ3n) is 3.30. The van der Waals surface area contributed by atoms with Crippen molar-refractivity contribution in [3.63, 3.8) is 0 Å². The molecule has 3 nitrogen and oxygen atoms in total. The van der Waals surface area contributed by atoms with Gasteiger partial charge in [0.25, 0.3) is 0 Å². The summed E-state index contributed by atoms with van der Waals surface area (Å²) < 4.78 is 0. The lowest BCUT2D eigenvalue weighted by Gasteiger charge is -2.15. The highest BCUT2D eigenvalue weighted by atomic mass is 16.4. The number of hydrogen-bond donors (Lipinski definition) is 2. The van der Waals surface area contributed by atoms with E-state index in [4.69, 9.17) is 5.11 Å². The Bertz CT molecular complexity index is 205. The Morgan fingerprint density at radius 1 is 1.50 bits per heavy atom. The van der Waals surface area contributed by atoms with E-state index >= 15 is 0 Å². The minimum Gasteiger partial charge on any atom is -0.481 e. The molecule has 0 bridgehead atoms. The van der Waals surface area contributed by atoms with Crippen LogP contribution in [0.3, 0.4) is 0 Å². The number of nitrogens with one attached hydrogen (secondary N) is 1. The van der Waals surface area contributed by atoms with E-state index < -0.39 is 5.97 Å². The van der Waals surface area contributed by atoms with Gasteiger partial charge >= 0.3 is 5.97 Å². The minimum atomic E-state index is -0.561. The van der Waals surface area contributed by atoms with Crippen LogP contribution in [0.1, 0.15) is 25.7 Å². The normalized spacial score (nSPS) is 40.8. The summed E-state index contributed by atoms with van der Waals surface area (Å²) in [5, 5.41) is 12.3. The summed E-state index contributed by atoms with van der Waals surface area (Å²) in [7, 11) is 0. The van der Waals surface area contributed by atoms with Gasteiger partial charge in [0.05, 0.1) is 5.41 Å². The summed E-state index contributed by atoms with van der Waals surface area (Å²) in [6, 6.07) is 0. The Morgan fingerprint density at radius 3 is 3.08 bits per heavy atom. The lowest BCUT2D eigenvalue weighted by Crippen LogP contribution is -2.26. The van der Waals surface area contributed by atoms with Crippen molar-refractivity contribution in [1.29, 1.82) is 0 Å². The van der Waals surface area contributed by atoms with Crippen LogP contribution in [0, 0.1) is 11.3 Å². The first-order valence-corrected chi connectivity index (χ1v) is 4.70. The molecule has 1 saturated carbocycles. The Balaban J connectivity index is 2.03. The molecular weight excluding hydrogens is 154 g/mol. The number of fused-ring (bicyclic) bond motifs is 1. The first-order chi connectivity index (χ1) is 5.76. The Morgan fingerprint density at radius 2 is 2.33 bits per heavy atom. The molecule has 0 aromatic rings. The van der Waals surface area contributed by atoms with Crippen molar-refractivity contribution in [1.82, 2.24) is 5.32 Å². The van der Waals surface area contributed by atoms with Gasteiger partial charge in [0.2, 0.25) is 0 Å². The fraction of sp³-hybridized carbons (Fsp3) is 0.889. The minimum absolute atomic E-state index is 0.303. The topological polar surface area (TPSA) is 49.3 Å². The van der Waals surface area contributed by atoms with Gasteiger partial charge in [-0.3, -0.25) is 4.79 Å². The Labute approximate surface area is 72.2 Å². The summed E-state index contributed by atoms with van der Waals surface area (Å²) in [6.07, 6.45) is 3.86. The molecule has 12 heavy (non-hydrogen) atoms. The van der Waals surface area contributed by atoms with E-state index in [0.29, 0.717) is 5.92 Å². The van der Waals surface area contributed by atoms with E-state index in [-0.39, 0.29) is 5.41 Å². The van der Waals surface area contributed by atoms with Gasteiger partial charge in [-0.15, -0.1) is 0 Å². The quantitative estimate of drug-likeness (QED) is 0.612. The predicted molar refractivity (Wildman–Crippen MR) is 44.9 cm³/mol. The fourth-order valence-corrected chi connectivity index (χ4v) is 2.36. The molecule has 68 valence electrons. The second-order valence-electron chi connectivity index (χ2n) is 4.00. The molecule has 3 heteroatoms. The van der Waals surface area contributed by atoms with Crippen LogP contribution in [-0.2, 0) is 4.79 Å². The highest BCUT2D eigenvalue weighted by Crippen LogP contribution is 2.58. The highest BCUT2D eigenvalue weighted by Gasteiger charge is 2.59. The first-order valence-electron chi connectivity index (χ1n) is 4.70. The van der Waals surface area contributed by atoms with Gasteiger partial charge in [-0.1, -0.05) is 0 Å². The molecule has 1 heterocycles. The molecule has 2 N–H and O–H groups in total. The number of aliphatic carboxylic acids is 1. The van der Waals surface area contributed by atoms with E-state index in [1.807, 2.05) is 0 Å². The molecule has 2 aliphatic rings. The van der Waals surface area contributed by atoms with Crippen molar-refractivity contribution in [3.05, 3.63) is 0 Å². The van der Waals surface area contributed by atoms with Gasteiger partial charge in [-0.05, 0) is 44.7 Å². The Kier molecular flexibility index (Phi) is 1.83. The molecule has 0 radical (unpaired) electrons. The third-order valence-corrected chi connectivity index (χ3v) is 3.30. The number of carboxylic acid groups (broad SMARTS) is 1. The third kappa shape index (κ3) is 1.12. The summed E-state index contributed by atoms with van der Waals surface area (Å²) >= 11 is 0. The van der Waals surface area contributed by atoms with Crippen LogP contribution in [0.4, 0.5) is 0 Å². The Hall–Kier alpha value is -0.570. The molecule has 0 aromatic heterocycles. The lowest BCUT2D eigenvalue weighted by molar-refractivity contribution is -0.144. The van der Waals surface area contributed by atoms with Crippen molar-refractivity contribution >= 4 is 5.97 Å². The van der Waals surface area contributed by atoms with Crippen LogP contribution in [0.25, 0.3) is 0 Å². The summed E-state index contributed by atoms with van der Waals surface area (Å²) in [5.41, 5.74) is -0.303. The standard InChI is InChI=1S/C9H15NO2/c11-8(12)9-3-1-4-10-5-2-7(9)6-9/h7,10H,1-6H2,(H,11,12). The molecule has 2 rings (SSSR count). The summed E-state index contributed by atoms with van der Waals surface area (Å²) in [5.74, 6) is -0.0998. The first kappa shape index (κ1) is 8.05. The zero-order chi connectivity index (χ0) is 8.60. The predicted octanol–water partition coefficient (Wildman–Crippen LogP) is 0.851. The molecule has 0 amide bonds. The van der Waals surface area contributed by atoms with Crippen LogP contribution in [0.5, 0.6) is 0 Å². The number of rotatable bonds is 1. The van der Waals surface area contributed by atoms with Gasteiger partial charge < -0.3 is 10.4 Å². The maximum absolute atomic E-state index is 11.0. The maximum Gasteiger partial charge on any atom is 0.309 e. The molecule has 1 saturated heterocycles. The average molecular weight is 169 g/mol. The number of hydrogen-bond acceptors (Lipinski definition) is 2. The zero-order valence-electron chi connectivity index (χ0n) is 7.18. The second kappa shape index (κ2) is 2.73. The molecule has 0 spiro atoms. The number of carboxylic acids is 1. The van der Waals surface area contributed by atoms with Gasteiger partial charge in [-0.2, -0.15) is 0 Å². The van der Waals surface area contributed by atoms with Crippen molar-refractivity contribution in [2.75, 3.05) is 13.1 Å². The van der Waals surface area contributed by atoms with Gasteiger partial charge in [-0.25, -0.2) is 0 Å². The van der Waals surface area contributed by atoms with E-state index in [1.54, 1.807) is 0 Å². The van der Waals surface area contributed by atoms with Crippen molar-refractivity contribution in [3.8, 4) is 0 Å². The van der Waals surface area contributed by atoms with Crippen molar-refractivity contribution in [2.24, 2.45) is 11.3 Å². The van der Waals surface area contributed by atoms with Gasteiger partial charge in [0, 0.05) is 0 Å². The van der Waals surface area contributed by atoms with E-state index in [1.165, 1.54) is 0 Å². The monoisotopic (exact) mass is 169 g/mol. The van der Waals surface area contributed by atoms with E-state index in [0.717, 1.165) is 38.8 Å². The van der Waals surface area contributed by atoms with Crippen LogP contribution >= 0.6 is 0 Å². The van der Waals surface area contributed by atoms with Crippen molar-refractivity contribution in [2.45, 2.75) is 25.7 Å². The van der Waals surface area contributed by atoms with Crippen molar-refractivity contribution < 1.29 is 9.90 Å². The largest absolute Gasteiger partial charge is 0.481 e. The fourth-order valence-electron chi connectivity index (χ4n) is 2.36. The number of carbonyl (C=O) groups is 1. The zero-order valence-corrected chi connectivity index (χ0v) is 7.18. The van der Waals surface area contributed by atoms with E-state index in [2.05, 4.69) is 5.32 Å². The summed E-state index contributed by atoms with van der Waals surface area (Å²) in [6.45, 7) is 1.99. The van der Waals surface area contributed by atoms with E-state index in [9.17, 15) is 4.79 Å². The molecule has 0 aromatic carbocycles. The average Bonchev–Trinajstić information content (AvgIpc) is 2.63. The molecule has 1 aliphatic carbocycles. The molecule has 2 fully saturated rings. The SMILES string of the molecule is O=C(O)C12CCCNCCC1C2. The lowest BCUT2D eigenvalue weighted by atomic mass is 9.95. The summed E-state index contributed by atoms with van der Waals surface area (Å²) in [4.78, 5) is 11.0. The molecular formula is C9H15NO2. The maximum atomic E-state index is 11.0. The van der Waals surface area contributed by atoms with Crippen LogP contribution in [-0.4, -0.2) is 24.2 Å². The van der Waals surface area contributed by atoms with Crippen LogP contribution < -0.4 is 5.32 Å². The molecule has 1 aliphatic heterocycles. The molecule has 2 atom stereocenters. The molecule has 2 unspecified atom stereocenters. The van der Waals surface area contributed by atoms with Crippen LogP contribution in [0.2, 0.25) is 0 Å². The smallest absolute Gasteiger partial charge is 0.309 e. The second-order valence-corrected chi connectivity index (χ2v) is 4.00.